The van der Waals surface area contributed by atoms with Crippen LogP contribution in [0.1, 0.15) is 22.3 Å². The van der Waals surface area contributed by atoms with Crippen molar-refractivity contribution in [3.8, 4) is 5.88 Å². The molecule has 0 aliphatic carbocycles. The maximum atomic E-state index is 14.6. The lowest BCUT2D eigenvalue weighted by Gasteiger charge is -2.38. The molecule has 3 aromatic rings. The lowest BCUT2D eigenvalue weighted by atomic mass is 9.99. The predicted molar refractivity (Wildman–Crippen MR) is 110 cm³/mol. The Balaban J connectivity index is 1.38. The number of aromatic nitrogens is 1. The first kappa shape index (κ1) is 19.4. The van der Waals surface area contributed by atoms with Crippen LogP contribution in [-0.4, -0.2) is 46.8 Å². The number of fused-ring (bicyclic) bond motifs is 2. The molecule has 1 fully saturated rings. The van der Waals surface area contributed by atoms with Crippen molar-refractivity contribution in [2.75, 3.05) is 18.4 Å². The van der Waals surface area contributed by atoms with Crippen molar-refractivity contribution in [1.29, 1.82) is 0 Å². The van der Waals surface area contributed by atoms with Gasteiger partial charge >= 0.3 is 0 Å². The smallest absolute Gasteiger partial charge is 0.287 e. The number of hydrogen-bond donors (Lipinski definition) is 1. The maximum Gasteiger partial charge on any atom is 0.287 e. The van der Waals surface area contributed by atoms with Crippen molar-refractivity contribution >= 4 is 28.4 Å². The van der Waals surface area contributed by atoms with Crippen molar-refractivity contribution in [1.82, 2.24) is 9.88 Å². The average Bonchev–Trinajstić information content (AvgIpc) is 3.15. The quantitative estimate of drug-likeness (QED) is 0.698. The molecule has 2 aliphatic rings. The molecule has 158 valence electrons. The molecule has 0 saturated carbocycles. The minimum atomic E-state index is -3.10. The second-order valence-electron chi connectivity index (χ2n) is 7.77. The second-order valence-corrected chi connectivity index (χ2v) is 7.77. The molecule has 6 nitrogen and oxygen atoms in total. The summed E-state index contributed by atoms with van der Waals surface area (Å²) in [5, 5.41) is 3.58. The highest BCUT2D eigenvalue weighted by Gasteiger charge is 2.47. The van der Waals surface area contributed by atoms with Crippen LogP contribution in [0, 0.1) is 0 Å². The number of para-hydroxylation sites is 1. The number of halogens is 2. The van der Waals surface area contributed by atoms with Gasteiger partial charge in [-0.05, 0) is 29.8 Å². The van der Waals surface area contributed by atoms with E-state index >= 15 is 0 Å². The van der Waals surface area contributed by atoms with E-state index in [4.69, 9.17) is 4.74 Å². The fourth-order valence-electron chi connectivity index (χ4n) is 4.06. The van der Waals surface area contributed by atoms with E-state index < -0.39 is 18.4 Å². The Morgan fingerprint density at radius 2 is 1.97 bits per heavy atom. The van der Waals surface area contributed by atoms with Gasteiger partial charge in [0, 0.05) is 35.7 Å². The van der Waals surface area contributed by atoms with E-state index in [0.717, 1.165) is 5.39 Å². The molecule has 2 amide bonds. The molecule has 31 heavy (non-hydrogen) atoms. The largest absolute Gasteiger partial charge is 0.466 e. The Kier molecular flexibility index (Phi) is 4.57. The molecule has 1 atom stereocenters. The van der Waals surface area contributed by atoms with Gasteiger partial charge in [-0.1, -0.05) is 24.3 Å². The van der Waals surface area contributed by atoms with E-state index in [-0.39, 0.29) is 37.2 Å². The van der Waals surface area contributed by atoms with Gasteiger partial charge in [-0.25, -0.2) is 13.8 Å². The molecule has 5 rings (SSSR count). The van der Waals surface area contributed by atoms with Gasteiger partial charge in [0.15, 0.2) is 6.10 Å². The first-order valence-electron chi connectivity index (χ1n) is 10.0. The molecule has 2 aromatic carbocycles. The van der Waals surface area contributed by atoms with E-state index in [9.17, 15) is 18.4 Å². The molecular formula is C23H19F2N3O3. The number of alkyl halides is 2. The summed E-state index contributed by atoms with van der Waals surface area (Å²) >= 11 is 0. The molecule has 1 saturated heterocycles. The number of benzene rings is 2. The fourth-order valence-corrected chi connectivity index (χ4v) is 4.06. The number of hydrogen-bond acceptors (Lipinski definition) is 4. The summed E-state index contributed by atoms with van der Waals surface area (Å²) in [6.07, 6.45) is -1.93. The summed E-state index contributed by atoms with van der Waals surface area (Å²) in [4.78, 5) is 30.5. The van der Waals surface area contributed by atoms with Gasteiger partial charge < -0.3 is 15.0 Å². The normalized spacial score (nSPS) is 19.7. The number of rotatable bonds is 3. The Morgan fingerprint density at radius 1 is 1.13 bits per heavy atom. The fraction of sp³-hybridized carbons (Fsp3) is 0.261. The summed E-state index contributed by atoms with van der Waals surface area (Å²) in [5.41, 5.74) is 2.18. The number of ether oxygens (including phenoxy) is 1. The topological polar surface area (TPSA) is 71.5 Å². The van der Waals surface area contributed by atoms with Gasteiger partial charge in [0.2, 0.25) is 11.8 Å². The number of carbonyl (C=O) groups excluding carboxylic acids is 2. The minimum absolute atomic E-state index is 0.0908. The maximum absolute atomic E-state index is 14.6. The number of piperidine rings is 1. The summed E-state index contributed by atoms with van der Waals surface area (Å²) in [5.74, 6) is -3.58. The van der Waals surface area contributed by atoms with Gasteiger partial charge in [0.1, 0.15) is 0 Å². The first-order chi connectivity index (χ1) is 14.9. The van der Waals surface area contributed by atoms with Crippen LogP contribution in [0.15, 0.2) is 54.6 Å². The average molecular weight is 423 g/mol. The summed E-state index contributed by atoms with van der Waals surface area (Å²) in [6.45, 7) is -0.368. The van der Waals surface area contributed by atoms with E-state index in [0.29, 0.717) is 22.3 Å². The number of likely N-dealkylation sites (tertiary alicyclic amines) is 1. The van der Waals surface area contributed by atoms with Crippen LogP contribution in [-0.2, 0) is 11.2 Å². The van der Waals surface area contributed by atoms with Crippen LogP contribution in [0.3, 0.4) is 0 Å². The predicted octanol–water partition coefficient (Wildman–Crippen LogP) is 3.66. The van der Waals surface area contributed by atoms with Crippen LogP contribution < -0.4 is 10.1 Å². The van der Waals surface area contributed by atoms with Crippen molar-refractivity contribution in [3.05, 3.63) is 65.7 Å². The number of nitrogens with zero attached hydrogens (tertiary/aromatic N) is 2. The Bertz CT molecular complexity index is 1200. The number of amides is 2. The van der Waals surface area contributed by atoms with Gasteiger partial charge in [-0.3, -0.25) is 9.59 Å². The summed E-state index contributed by atoms with van der Waals surface area (Å²) < 4.78 is 34.8. The summed E-state index contributed by atoms with van der Waals surface area (Å²) in [7, 11) is 0. The Labute approximate surface area is 176 Å². The van der Waals surface area contributed by atoms with Crippen molar-refractivity contribution in [2.24, 2.45) is 0 Å². The third kappa shape index (κ3) is 3.58. The molecular weight excluding hydrogens is 404 g/mol. The minimum Gasteiger partial charge on any atom is -0.466 e. The van der Waals surface area contributed by atoms with Gasteiger partial charge in [0.25, 0.3) is 11.8 Å². The SMILES string of the molecule is O=C1Cc2c(cccc2C(=O)N2CCC(F)(F)C(Oc3ccc4ccccc4n3)C2)N1. The van der Waals surface area contributed by atoms with Crippen molar-refractivity contribution < 1.29 is 23.1 Å². The monoisotopic (exact) mass is 423 g/mol. The highest BCUT2D eigenvalue weighted by atomic mass is 19.3. The highest BCUT2D eigenvalue weighted by Crippen LogP contribution is 2.34. The van der Waals surface area contributed by atoms with Crippen LogP contribution >= 0.6 is 0 Å². The third-order valence-electron chi connectivity index (χ3n) is 5.71. The van der Waals surface area contributed by atoms with Crippen molar-refractivity contribution in [2.45, 2.75) is 24.9 Å². The number of carbonyl (C=O) groups is 2. The Morgan fingerprint density at radius 3 is 2.84 bits per heavy atom. The molecule has 0 bridgehead atoms. The zero-order chi connectivity index (χ0) is 21.6. The van der Waals surface area contributed by atoms with Crippen LogP contribution in [0.4, 0.5) is 14.5 Å². The lowest BCUT2D eigenvalue weighted by molar-refractivity contribution is -0.131. The van der Waals surface area contributed by atoms with Crippen LogP contribution in [0.25, 0.3) is 10.9 Å². The molecule has 1 aromatic heterocycles. The molecule has 1 unspecified atom stereocenters. The summed E-state index contributed by atoms with van der Waals surface area (Å²) in [6, 6.07) is 15.7. The van der Waals surface area contributed by atoms with Gasteiger partial charge in [-0.2, -0.15) is 0 Å². The van der Waals surface area contributed by atoms with E-state index in [1.165, 1.54) is 4.90 Å². The van der Waals surface area contributed by atoms with E-state index in [2.05, 4.69) is 10.3 Å². The molecule has 3 heterocycles. The van der Waals surface area contributed by atoms with Crippen LogP contribution in [0.5, 0.6) is 5.88 Å². The third-order valence-corrected chi connectivity index (χ3v) is 5.71. The highest BCUT2D eigenvalue weighted by molar-refractivity contribution is 6.05. The van der Waals surface area contributed by atoms with E-state index in [1.807, 2.05) is 18.2 Å². The zero-order valence-corrected chi connectivity index (χ0v) is 16.5. The lowest BCUT2D eigenvalue weighted by Crippen LogP contribution is -2.55. The van der Waals surface area contributed by atoms with Crippen LogP contribution in [0.2, 0.25) is 0 Å². The van der Waals surface area contributed by atoms with Crippen molar-refractivity contribution in [3.63, 3.8) is 0 Å². The number of anilines is 1. The molecule has 2 aliphatic heterocycles. The number of pyridine rings is 1. The number of nitrogens with one attached hydrogen (secondary N) is 1. The Hall–Kier alpha value is -3.55. The molecule has 1 N–H and O–H groups in total. The van der Waals surface area contributed by atoms with Gasteiger partial charge in [0.05, 0.1) is 18.5 Å². The first-order valence-corrected chi connectivity index (χ1v) is 10.0. The zero-order valence-electron chi connectivity index (χ0n) is 16.5. The van der Waals surface area contributed by atoms with Gasteiger partial charge in [-0.15, -0.1) is 0 Å². The van der Waals surface area contributed by atoms with E-state index in [1.54, 1.807) is 36.4 Å². The second kappa shape index (κ2) is 7.30. The molecule has 0 spiro atoms. The standard InChI is InChI=1S/C23H19F2N3O3/c24-23(25)10-11-28(22(30)15-5-3-7-18-16(15)12-20(29)26-18)13-19(23)31-21-9-8-14-4-1-2-6-17(14)27-21/h1-9,19H,10-13H2,(H,26,29). The molecule has 0 radical (unpaired) electrons. The molecule has 8 heteroatoms.